The number of hydrogen-bond donors (Lipinski definition) is 0. The second-order valence-electron chi connectivity index (χ2n) is 9.73. The zero-order chi connectivity index (χ0) is 24.6. The van der Waals surface area contributed by atoms with E-state index in [-0.39, 0.29) is 23.5 Å². The summed E-state index contributed by atoms with van der Waals surface area (Å²) in [6.07, 6.45) is 2.18. The van der Waals surface area contributed by atoms with Gasteiger partial charge in [0.1, 0.15) is 0 Å². The van der Waals surface area contributed by atoms with Crippen molar-refractivity contribution in [1.82, 2.24) is 0 Å². The Bertz CT molecular complexity index is 1150. The van der Waals surface area contributed by atoms with E-state index < -0.39 is 5.92 Å². The highest BCUT2D eigenvalue weighted by Gasteiger charge is 2.45. The Kier molecular flexibility index (Phi) is 6.43. The van der Waals surface area contributed by atoms with E-state index in [4.69, 9.17) is 14.2 Å². The minimum Gasteiger partial charge on any atom is -0.493 e. The molecule has 2 aliphatic rings. The molecule has 1 unspecified atom stereocenters. The summed E-state index contributed by atoms with van der Waals surface area (Å²) in [6, 6.07) is 11.7. The third kappa shape index (κ3) is 4.06. The van der Waals surface area contributed by atoms with Crippen LogP contribution in [0.1, 0.15) is 57.1 Å². The number of benzene rings is 2. The van der Waals surface area contributed by atoms with Crippen molar-refractivity contribution in [3.63, 3.8) is 0 Å². The average Bonchev–Trinajstić information content (AvgIpc) is 2.81. The molecular formula is C28H33NO5. The number of Topliss-reactive ketones (excluding diaryl/α,β-unsaturated/α-hetero) is 1. The van der Waals surface area contributed by atoms with Gasteiger partial charge in [-0.25, -0.2) is 0 Å². The fourth-order valence-corrected chi connectivity index (χ4v) is 5.26. The lowest BCUT2D eigenvalue weighted by Crippen LogP contribution is -2.43. The van der Waals surface area contributed by atoms with Crippen molar-refractivity contribution in [2.75, 3.05) is 26.2 Å². The monoisotopic (exact) mass is 463 g/mol. The summed E-state index contributed by atoms with van der Waals surface area (Å²) in [5.41, 5.74) is 4.03. The van der Waals surface area contributed by atoms with E-state index in [0.29, 0.717) is 35.7 Å². The van der Waals surface area contributed by atoms with Gasteiger partial charge in [-0.1, -0.05) is 39.0 Å². The number of amides is 1. The van der Waals surface area contributed by atoms with Gasteiger partial charge in [0, 0.05) is 41.3 Å². The van der Waals surface area contributed by atoms with E-state index in [0.717, 1.165) is 23.4 Å². The normalized spacial score (nSPS) is 19.7. The van der Waals surface area contributed by atoms with Crippen LogP contribution < -0.4 is 19.1 Å². The van der Waals surface area contributed by atoms with Gasteiger partial charge in [0.15, 0.2) is 17.3 Å². The van der Waals surface area contributed by atoms with E-state index >= 15 is 0 Å². The molecule has 6 heteroatoms. The number of nitrogens with zero attached hydrogens (tertiary/aromatic N) is 1. The van der Waals surface area contributed by atoms with Crippen LogP contribution in [0.5, 0.6) is 17.2 Å². The van der Waals surface area contributed by atoms with Gasteiger partial charge >= 0.3 is 0 Å². The van der Waals surface area contributed by atoms with Gasteiger partial charge in [-0.2, -0.15) is 0 Å². The average molecular weight is 464 g/mol. The molecule has 0 fully saturated rings. The molecule has 1 atom stereocenters. The maximum atomic E-state index is 13.7. The van der Waals surface area contributed by atoms with E-state index in [9.17, 15) is 9.59 Å². The highest BCUT2D eigenvalue weighted by Crippen LogP contribution is 2.52. The first-order chi connectivity index (χ1) is 16.2. The molecule has 1 aliphatic heterocycles. The van der Waals surface area contributed by atoms with Crippen molar-refractivity contribution in [3.05, 3.63) is 58.8 Å². The van der Waals surface area contributed by atoms with E-state index in [2.05, 4.69) is 20.8 Å². The predicted octanol–water partition coefficient (Wildman–Crippen LogP) is 5.44. The Balaban J connectivity index is 1.92. The fraction of sp³-hybridized carbons (Fsp3) is 0.429. The maximum absolute atomic E-state index is 13.7. The van der Waals surface area contributed by atoms with Crippen molar-refractivity contribution in [2.45, 2.75) is 52.4 Å². The largest absolute Gasteiger partial charge is 0.493 e. The fourth-order valence-electron chi connectivity index (χ4n) is 5.26. The molecule has 0 saturated carbocycles. The lowest BCUT2D eigenvalue weighted by molar-refractivity contribution is -0.121. The molecule has 2 aromatic carbocycles. The van der Waals surface area contributed by atoms with Gasteiger partial charge in [0.2, 0.25) is 11.7 Å². The van der Waals surface area contributed by atoms with Gasteiger partial charge in [0.25, 0.3) is 0 Å². The molecule has 180 valence electrons. The Morgan fingerprint density at radius 3 is 2.18 bits per heavy atom. The Hall–Kier alpha value is -3.28. The van der Waals surface area contributed by atoms with Gasteiger partial charge < -0.3 is 14.2 Å². The van der Waals surface area contributed by atoms with Crippen molar-refractivity contribution >= 4 is 17.4 Å². The molecule has 1 aliphatic carbocycles. The van der Waals surface area contributed by atoms with Crippen molar-refractivity contribution in [1.29, 1.82) is 0 Å². The minimum atomic E-state index is -0.410. The number of rotatable bonds is 6. The van der Waals surface area contributed by atoms with Crippen LogP contribution in [0.2, 0.25) is 0 Å². The topological polar surface area (TPSA) is 65.1 Å². The van der Waals surface area contributed by atoms with Crippen LogP contribution in [-0.2, 0) is 16.0 Å². The van der Waals surface area contributed by atoms with E-state index in [1.54, 1.807) is 32.3 Å². The molecule has 2 aromatic rings. The van der Waals surface area contributed by atoms with Gasteiger partial charge in [0.05, 0.1) is 21.3 Å². The SMILES string of the molecule is CCc1ccc(N2C(=O)CC(c3ccc(OC)c(OC)c3OC)C3=C2CC(C)(C)CC3=O)cc1. The molecule has 0 radical (unpaired) electrons. The second-order valence-corrected chi connectivity index (χ2v) is 9.73. The number of ether oxygens (including phenoxy) is 3. The maximum Gasteiger partial charge on any atom is 0.232 e. The summed E-state index contributed by atoms with van der Waals surface area (Å²) in [6.45, 7) is 6.27. The van der Waals surface area contributed by atoms with Crippen molar-refractivity contribution in [2.24, 2.45) is 5.41 Å². The summed E-state index contributed by atoms with van der Waals surface area (Å²) in [4.78, 5) is 29.0. The number of anilines is 1. The zero-order valence-corrected chi connectivity index (χ0v) is 20.9. The number of aryl methyl sites for hydroxylation is 1. The van der Waals surface area contributed by atoms with Crippen molar-refractivity contribution in [3.8, 4) is 17.2 Å². The third-order valence-electron chi connectivity index (χ3n) is 6.86. The highest BCUT2D eigenvalue weighted by atomic mass is 16.5. The smallest absolute Gasteiger partial charge is 0.232 e. The first-order valence-electron chi connectivity index (χ1n) is 11.7. The summed E-state index contributed by atoms with van der Waals surface area (Å²) in [7, 11) is 4.68. The molecule has 0 N–H and O–H groups in total. The second kappa shape index (κ2) is 9.16. The zero-order valence-electron chi connectivity index (χ0n) is 20.9. The van der Waals surface area contributed by atoms with Crippen LogP contribution in [0, 0.1) is 5.41 Å². The molecule has 34 heavy (non-hydrogen) atoms. The Morgan fingerprint density at radius 1 is 0.912 bits per heavy atom. The van der Waals surface area contributed by atoms with Gasteiger partial charge in [-0.3, -0.25) is 14.5 Å². The third-order valence-corrected chi connectivity index (χ3v) is 6.86. The molecule has 1 amide bonds. The van der Waals surface area contributed by atoms with Gasteiger partial charge in [-0.15, -0.1) is 0 Å². The summed E-state index contributed by atoms with van der Waals surface area (Å²) in [5.74, 6) is 1.12. The molecule has 4 rings (SSSR count). The summed E-state index contributed by atoms with van der Waals surface area (Å²) in [5, 5.41) is 0. The molecule has 0 bridgehead atoms. The quantitative estimate of drug-likeness (QED) is 0.571. The highest BCUT2D eigenvalue weighted by molar-refractivity contribution is 6.08. The van der Waals surface area contributed by atoms with Crippen LogP contribution in [0.15, 0.2) is 47.7 Å². The molecule has 0 aromatic heterocycles. The number of allylic oxidation sites excluding steroid dienone is 2. The standard InChI is InChI=1S/C28H33NO5/c1-7-17-8-10-18(11-9-17)29-21-15-28(2,3)16-22(30)25(21)20(14-24(29)31)19-12-13-23(32-4)27(34-6)26(19)33-5/h8-13,20H,7,14-16H2,1-6H3. The lowest BCUT2D eigenvalue weighted by Gasteiger charge is -2.43. The van der Waals surface area contributed by atoms with Gasteiger partial charge in [-0.05, 0) is 42.0 Å². The van der Waals surface area contributed by atoms with E-state index in [1.807, 2.05) is 30.3 Å². The van der Waals surface area contributed by atoms with Crippen LogP contribution in [0.25, 0.3) is 0 Å². The molecular weight excluding hydrogens is 430 g/mol. The number of hydrogen-bond acceptors (Lipinski definition) is 5. The van der Waals surface area contributed by atoms with Crippen LogP contribution in [0.4, 0.5) is 5.69 Å². The number of methoxy groups -OCH3 is 3. The lowest BCUT2D eigenvalue weighted by atomic mass is 9.69. The number of carbonyl (C=O) groups excluding carboxylic acids is 2. The molecule has 1 heterocycles. The first kappa shape index (κ1) is 23.9. The van der Waals surface area contributed by atoms with Crippen LogP contribution in [-0.4, -0.2) is 33.0 Å². The van der Waals surface area contributed by atoms with Crippen molar-refractivity contribution < 1.29 is 23.8 Å². The Morgan fingerprint density at radius 2 is 1.59 bits per heavy atom. The Labute approximate surface area is 201 Å². The summed E-state index contributed by atoms with van der Waals surface area (Å²) >= 11 is 0. The molecule has 6 nitrogen and oxygen atoms in total. The van der Waals surface area contributed by atoms with E-state index in [1.165, 1.54) is 5.56 Å². The molecule has 0 spiro atoms. The van der Waals surface area contributed by atoms with Crippen LogP contribution in [0.3, 0.4) is 0 Å². The minimum absolute atomic E-state index is 0.0321. The summed E-state index contributed by atoms with van der Waals surface area (Å²) < 4.78 is 16.7. The number of carbonyl (C=O) groups is 2. The van der Waals surface area contributed by atoms with Crippen LogP contribution >= 0.6 is 0 Å². The number of ketones is 1. The molecule has 0 saturated heterocycles. The first-order valence-corrected chi connectivity index (χ1v) is 11.7. The predicted molar refractivity (Wildman–Crippen MR) is 132 cm³/mol.